The van der Waals surface area contributed by atoms with E-state index in [9.17, 15) is 18.4 Å². The molecule has 0 bridgehead atoms. The number of H-pyrrole nitrogens is 1. The van der Waals surface area contributed by atoms with Crippen LogP contribution in [0.2, 0.25) is 5.02 Å². The van der Waals surface area contributed by atoms with Gasteiger partial charge < -0.3 is 25.8 Å². The number of nitrogens with zero attached hydrogens (tertiary/aromatic N) is 3. The van der Waals surface area contributed by atoms with Crippen molar-refractivity contribution in [3.63, 3.8) is 0 Å². The average molecular weight is 608 g/mol. The van der Waals surface area contributed by atoms with Crippen molar-refractivity contribution in [2.75, 3.05) is 31.3 Å². The second kappa shape index (κ2) is 12.9. The Morgan fingerprint density at radius 2 is 1.86 bits per heavy atom. The standard InChI is InChI=1S/C31H32ClF2N7O2/c1-41(2)13-5-8-27(42)37-20-11-9-19(10-12-20)29(43)38-21-14-22(16-31(33,34)15-21)39-30-36-18-25(32)28(40-30)24-17-35-26-7-4-3-6-23(24)26/h3-12,17-18,21-22,35H,13-16H2,1-2H3,(H,37,42)(H,38,43)(H,36,39,40)/t21-,22+/m1/s1. The lowest BCUT2D eigenvalue weighted by atomic mass is 9.87. The van der Waals surface area contributed by atoms with E-state index in [-0.39, 0.29) is 18.3 Å². The Bertz CT molecular complexity index is 1640. The molecule has 0 saturated heterocycles. The highest BCUT2D eigenvalue weighted by Crippen LogP contribution is 2.36. The zero-order valence-electron chi connectivity index (χ0n) is 23.7. The van der Waals surface area contributed by atoms with E-state index in [1.165, 1.54) is 12.3 Å². The Balaban J connectivity index is 1.23. The number of benzene rings is 2. The molecule has 1 saturated carbocycles. The van der Waals surface area contributed by atoms with E-state index in [4.69, 9.17) is 11.6 Å². The maximum Gasteiger partial charge on any atom is 0.252 e. The minimum atomic E-state index is -3.01. The molecule has 2 heterocycles. The molecule has 0 radical (unpaired) electrons. The Labute approximate surface area is 252 Å². The molecule has 0 aliphatic heterocycles. The molecule has 9 nitrogen and oxygen atoms in total. The predicted octanol–water partition coefficient (Wildman–Crippen LogP) is 5.73. The molecule has 224 valence electrons. The van der Waals surface area contributed by atoms with Crippen LogP contribution in [0.5, 0.6) is 0 Å². The van der Waals surface area contributed by atoms with E-state index in [0.29, 0.717) is 28.5 Å². The zero-order valence-corrected chi connectivity index (χ0v) is 24.5. The Morgan fingerprint density at radius 3 is 2.63 bits per heavy atom. The Hall–Kier alpha value is -4.35. The van der Waals surface area contributed by atoms with Crippen molar-refractivity contribution in [1.82, 2.24) is 25.2 Å². The van der Waals surface area contributed by atoms with Gasteiger partial charge in [-0.15, -0.1) is 0 Å². The number of anilines is 2. The number of rotatable bonds is 9. The number of likely N-dealkylation sites (N-methyl/N-ethyl adjacent to an activating group) is 1. The smallest absolute Gasteiger partial charge is 0.252 e. The number of nitrogens with one attached hydrogen (secondary N) is 4. The number of para-hydroxylation sites is 1. The van der Waals surface area contributed by atoms with Gasteiger partial charge in [0.25, 0.3) is 11.8 Å². The minimum absolute atomic E-state index is 0.173. The number of fused-ring (bicyclic) bond motifs is 1. The van der Waals surface area contributed by atoms with Gasteiger partial charge in [-0.2, -0.15) is 0 Å². The molecule has 0 unspecified atom stereocenters. The molecule has 2 atom stereocenters. The van der Waals surface area contributed by atoms with Crippen LogP contribution in [0.25, 0.3) is 22.2 Å². The third-order valence-electron chi connectivity index (χ3n) is 7.07. The summed E-state index contributed by atoms with van der Waals surface area (Å²) in [6.07, 6.45) is 5.77. The number of aromatic amines is 1. The third-order valence-corrected chi connectivity index (χ3v) is 7.35. The van der Waals surface area contributed by atoms with Crippen molar-refractivity contribution in [3.05, 3.63) is 83.7 Å². The first kappa shape index (κ1) is 30.1. The molecule has 43 heavy (non-hydrogen) atoms. The van der Waals surface area contributed by atoms with Crippen LogP contribution in [-0.2, 0) is 4.79 Å². The van der Waals surface area contributed by atoms with Crippen LogP contribution in [0.4, 0.5) is 20.4 Å². The van der Waals surface area contributed by atoms with Crippen molar-refractivity contribution in [3.8, 4) is 11.3 Å². The van der Waals surface area contributed by atoms with E-state index >= 15 is 0 Å². The first-order chi connectivity index (χ1) is 20.6. The Kier molecular flexibility index (Phi) is 9.02. The lowest BCUT2D eigenvalue weighted by Gasteiger charge is -2.35. The normalized spacial score (nSPS) is 18.2. The summed E-state index contributed by atoms with van der Waals surface area (Å²) in [5, 5.41) is 9.75. The molecule has 2 amide bonds. The maximum absolute atomic E-state index is 14.8. The lowest BCUT2D eigenvalue weighted by Crippen LogP contribution is -2.48. The number of aromatic nitrogens is 3. The van der Waals surface area contributed by atoms with Crippen molar-refractivity contribution in [2.45, 2.75) is 37.3 Å². The summed E-state index contributed by atoms with van der Waals surface area (Å²) in [6, 6.07) is 12.5. The second-order valence-electron chi connectivity index (χ2n) is 10.9. The molecule has 0 spiro atoms. The van der Waals surface area contributed by atoms with Gasteiger partial charge in [-0.05, 0) is 50.8 Å². The number of amides is 2. The van der Waals surface area contributed by atoms with Gasteiger partial charge in [0.1, 0.15) is 0 Å². The number of halogens is 3. The van der Waals surface area contributed by atoms with Gasteiger partial charge >= 0.3 is 0 Å². The highest BCUT2D eigenvalue weighted by molar-refractivity contribution is 6.33. The summed E-state index contributed by atoms with van der Waals surface area (Å²) in [7, 11) is 3.79. The molecule has 12 heteroatoms. The van der Waals surface area contributed by atoms with Gasteiger partial charge in [0.15, 0.2) is 0 Å². The number of hydrogen-bond donors (Lipinski definition) is 4. The van der Waals surface area contributed by atoms with Crippen molar-refractivity contribution in [1.29, 1.82) is 0 Å². The maximum atomic E-state index is 14.8. The molecule has 1 aliphatic rings. The predicted molar refractivity (Wildman–Crippen MR) is 165 cm³/mol. The van der Waals surface area contributed by atoms with Gasteiger partial charge in [0.2, 0.25) is 11.9 Å². The summed E-state index contributed by atoms with van der Waals surface area (Å²) < 4.78 is 29.6. The third kappa shape index (κ3) is 7.74. The average Bonchev–Trinajstić information content (AvgIpc) is 3.37. The monoisotopic (exact) mass is 607 g/mol. The lowest BCUT2D eigenvalue weighted by molar-refractivity contribution is -0.111. The minimum Gasteiger partial charge on any atom is -0.360 e. The van der Waals surface area contributed by atoms with E-state index in [0.717, 1.165) is 16.5 Å². The summed E-state index contributed by atoms with van der Waals surface area (Å²) in [5.41, 5.74) is 2.98. The molecular formula is C31H32ClF2N7O2. The van der Waals surface area contributed by atoms with Gasteiger partial charge in [-0.3, -0.25) is 9.59 Å². The SMILES string of the molecule is CN(C)CC=CC(=O)Nc1ccc(C(=O)N[C@@H]2C[C@H](Nc3ncc(Cl)c(-c4c[nH]c5ccccc45)n3)CC(F)(F)C2)cc1. The molecule has 4 N–H and O–H groups in total. The van der Waals surface area contributed by atoms with Crippen LogP contribution in [0.3, 0.4) is 0 Å². The Morgan fingerprint density at radius 1 is 1.12 bits per heavy atom. The molecule has 2 aromatic heterocycles. The van der Waals surface area contributed by atoms with Gasteiger partial charge in [-0.1, -0.05) is 35.9 Å². The molecule has 5 rings (SSSR count). The fraction of sp³-hybridized carbons (Fsp3) is 0.290. The number of carbonyl (C=O) groups excluding carboxylic acids is 2. The highest BCUT2D eigenvalue weighted by atomic mass is 35.5. The number of carbonyl (C=O) groups is 2. The highest BCUT2D eigenvalue weighted by Gasteiger charge is 2.42. The van der Waals surface area contributed by atoms with Crippen LogP contribution in [-0.4, -0.2) is 70.3 Å². The van der Waals surface area contributed by atoms with Crippen LogP contribution in [0, 0.1) is 0 Å². The second-order valence-corrected chi connectivity index (χ2v) is 11.3. The van der Waals surface area contributed by atoms with E-state index in [2.05, 4.69) is 30.9 Å². The van der Waals surface area contributed by atoms with E-state index in [1.54, 1.807) is 36.5 Å². The van der Waals surface area contributed by atoms with E-state index in [1.807, 2.05) is 43.3 Å². The summed E-state index contributed by atoms with van der Waals surface area (Å²) in [4.78, 5) is 38.9. The molecule has 4 aromatic rings. The fourth-order valence-electron chi connectivity index (χ4n) is 5.14. The summed E-state index contributed by atoms with van der Waals surface area (Å²) in [6.45, 7) is 0.627. The fourth-order valence-corrected chi connectivity index (χ4v) is 5.33. The van der Waals surface area contributed by atoms with Crippen LogP contribution in [0.1, 0.15) is 29.6 Å². The largest absolute Gasteiger partial charge is 0.360 e. The quantitative estimate of drug-likeness (QED) is 0.181. The van der Waals surface area contributed by atoms with Crippen molar-refractivity contribution >= 4 is 46.0 Å². The number of alkyl halides is 2. The topological polar surface area (TPSA) is 115 Å². The molecule has 1 fully saturated rings. The molecule has 2 aromatic carbocycles. The van der Waals surface area contributed by atoms with Gasteiger partial charge in [-0.25, -0.2) is 18.7 Å². The van der Waals surface area contributed by atoms with Crippen LogP contribution in [0.15, 0.2) is 73.1 Å². The summed E-state index contributed by atoms with van der Waals surface area (Å²) in [5.74, 6) is -3.60. The zero-order chi connectivity index (χ0) is 30.6. The first-order valence-corrected chi connectivity index (χ1v) is 14.2. The van der Waals surface area contributed by atoms with E-state index < -0.39 is 36.8 Å². The van der Waals surface area contributed by atoms with Gasteiger partial charge in [0, 0.05) is 71.5 Å². The number of hydrogen-bond acceptors (Lipinski definition) is 6. The van der Waals surface area contributed by atoms with Crippen molar-refractivity contribution < 1.29 is 18.4 Å². The van der Waals surface area contributed by atoms with Gasteiger partial charge in [0.05, 0.1) is 16.9 Å². The first-order valence-electron chi connectivity index (χ1n) is 13.8. The molecular weight excluding hydrogens is 576 g/mol. The molecule has 1 aliphatic carbocycles. The van der Waals surface area contributed by atoms with Crippen LogP contribution >= 0.6 is 11.6 Å². The van der Waals surface area contributed by atoms with Crippen LogP contribution < -0.4 is 16.0 Å². The van der Waals surface area contributed by atoms with Crippen molar-refractivity contribution in [2.24, 2.45) is 0 Å². The summed E-state index contributed by atoms with van der Waals surface area (Å²) >= 11 is 6.42.